The van der Waals surface area contributed by atoms with Gasteiger partial charge in [-0.2, -0.15) is 0 Å². The van der Waals surface area contributed by atoms with Crippen LogP contribution in [-0.2, 0) is 19.9 Å². The summed E-state index contributed by atoms with van der Waals surface area (Å²) in [5, 5.41) is 3.39. The largest absolute Gasteiger partial charge is 0.340 e. The van der Waals surface area contributed by atoms with Crippen LogP contribution in [0, 0.1) is 0 Å². The number of imidazole rings is 1. The number of benzene rings is 1. The standard InChI is InChI=1S/C16H16N4/c1-20-10-18-14-9-17-16(8-15(14)20)19-13-6-5-11-3-2-4-12(11)7-13/h5-10H,2-4H2,1H3,(H,17,19). The van der Waals surface area contributed by atoms with Gasteiger partial charge in [-0.25, -0.2) is 9.97 Å². The van der Waals surface area contributed by atoms with Crippen molar-refractivity contribution in [2.45, 2.75) is 19.3 Å². The maximum absolute atomic E-state index is 4.42. The lowest BCUT2D eigenvalue weighted by molar-refractivity contribution is 0.912. The van der Waals surface area contributed by atoms with Crippen molar-refractivity contribution in [3.8, 4) is 0 Å². The molecule has 4 nitrogen and oxygen atoms in total. The molecule has 0 aliphatic heterocycles. The number of aromatic nitrogens is 3. The van der Waals surface area contributed by atoms with E-state index in [0.717, 1.165) is 22.5 Å². The third-order valence-corrected chi connectivity index (χ3v) is 3.98. The van der Waals surface area contributed by atoms with Crippen LogP contribution in [0.25, 0.3) is 11.0 Å². The molecule has 1 aromatic carbocycles. The van der Waals surface area contributed by atoms with Crippen molar-refractivity contribution in [3.63, 3.8) is 0 Å². The molecule has 20 heavy (non-hydrogen) atoms. The summed E-state index contributed by atoms with van der Waals surface area (Å²) in [7, 11) is 1.99. The number of nitrogens with zero attached hydrogens (tertiary/aromatic N) is 3. The Labute approximate surface area is 117 Å². The fourth-order valence-corrected chi connectivity index (χ4v) is 2.90. The van der Waals surface area contributed by atoms with Gasteiger partial charge in [0.25, 0.3) is 0 Å². The van der Waals surface area contributed by atoms with E-state index < -0.39 is 0 Å². The number of hydrogen-bond acceptors (Lipinski definition) is 3. The molecule has 0 radical (unpaired) electrons. The first kappa shape index (κ1) is 11.5. The Balaban J connectivity index is 1.68. The Morgan fingerprint density at radius 1 is 1.10 bits per heavy atom. The van der Waals surface area contributed by atoms with Crippen LogP contribution in [0.5, 0.6) is 0 Å². The molecule has 0 unspecified atom stereocenters. The fraction of sp³-hybridized carbons (Fsp3) is 0.250. The molecule has 100 valence electrons. The Morgan fingerprint density at radius 2 is 2.00 bits per heavy atom. The quantitative estimate of drug-likeness (QED) is 0.773. The van der Waals surface area contributed by atoms with E-state index in [1.165, 1.54) is 30.4 Å². The summed E-state index contributed by atoms with van der Waals surface area (Å²) in [4.78, 5) is 8.71. The number of hydrogen-bond donors (Lipinski definition) is 1. The molecule has 4 heteroatoms. The minimum absolute atomic E-state index is 0.860. The predicted octanol–water partition coefficient (Wildman–Crippen LogP) is 3.20. The van der Waals surface area contributed by atoms with E-state index in [-0.39, 0.29) is 0 Å². The molecule has 2 heterocycles. The minimum Gasteiger partial charge on any atom is -0.340 e. The number of anilines is 2. The van der Waals surface area contributed by atoms with E-state index >= 15 is 0 Å². The van der Waals surface area contributed by atoms with Crippen molar-refractivity contribution in [1.29, 1.82) is 0 Å². The van der Waals surface area contributed by atoms with Crippen LogP contribution in [0.2, 0.25) is 0 Å². The molecule has 3 aromatic rings. The second-order valence-corrected chi connectivity index (χ2v) is 5.38. The Bertz CT molecular complexity index is 788. The molecule has 0 atom stereocenters. The van der Waals surface area contributed by atoms with Gasteiger partial charge in [0, 0.05) is 18.8 Å². The molecular weight excluding hydrogens is 248 g/mol. The van der Waals surface area contributed by atoms with Crippen molar-refractivity contribution in [3.05, 3.63) is 47.9 Å². The first-order chi connectivity index (χ1) is 9.79. The molecule has 0 saturated carbocycles. The predicted molar refractivity (Wildman–Crippen MR) is 80.3 cm³/mol. The lowest BCUT2D eigenvalue weighted by Crippen LogP contribution is -1.95. The maximum Gasteiger partial charge on any atom is 0.132 e. The molecule has 0 saturated heterocycles. The lowest BCUT2D eigenvalue weighted by atomic mass is 10.1. The Morgan fingerprint density at radius 3 is 2.95 bits per heavy atom. The van der Waals surface area contributed by atoms with Crippen molar-refractivity contribution in [2.24, 2.45) is 7.05 Å². The average Bonchev–Trinajstić information content (AvgIpc) is 3.06. The summed E-state index contributed by atoms with van der Waals surface area (Å²) in [5.74, 6) is 0.860. The summed E-state index contributed by atoms with van der Waals surface area (Å²) in [6, 6.07) is 8.65. The van der Waals surface area contributed by atoms with E-state index in [0.29, 0.717) is 0 Å². The summed E-state index contributed by atoms with van der Waals surface area (Å²) in [5.41, 5.74) is 6.08. The van der Waals surface area contributed by atoms with Gasteiger partial charge < -0.3 is 9.88 Å². The number of aryl methyl sites for hydroxylation is 3. The molecule has 1 aliphatic rings. The van der Waals surface area contributed by atoms with Crippen molar-refractivity contribution in [1.82, 2.24) is 14.5 Å². The van der Waals surface area contributed by atoms with Gasteiger partial charge in [-0.1, -0.05) is 6.07 Å². The van der Waals surface area contributed by atoms with Crippen LogP contribution in [-0.4, -0.2) is 14.5 Å². The van der Waals surface area contributed by atoms with Crippen LogP contribution in [0.3, 0.4) is 0 Å². The number of nitrogens with one attached hydrogen (secondary N) is 1. The smallest absolute Gasteiger partial charge is 0.132 e. The van der Waals surface area contributed by atoms with E-state index in [1.54, 1.807) is 0 Å². The summed E-state index contributed by atoms with van der Waals surface area (Å²) in [6.45, 7) is 0. The van der Waals surface area contributed by atoms with Gasteiger partial charge in [0.05, 0.1) is 18.0 Å². The second kappa shape index (κ2) is 4.34. The minimum atomic E-state index is 0.860. The Hall–Kier alpha value is -2.36. The number of rotatable bonds is 2. The van der Waals surface area contributed by atoms with Gasteiger partial charge in [-0.3, -0.25) is 0 Å². The van der Waals surface area contributed by atoms with Crippen LogP contribution in [0.4, 0.5) is 11.5 Å². The van der Waals surface area contributed by atoms with Crippen LogP contribution >= 0.6 is 0 Å². The zero-order chi connectivity index (χ0) is 13.5. The zero-order valence-corrected chi connectivity index (χ0v) is 11.4. The molecule has 1 aliphatic carbocycles. The monoisotopic (exact) mass is 264 g/mol. The maximum atomic E-state index is 4.42. The highest BCUT2D eigenvalue weighted by molar-refractivity contribution is 5.78. The first-order valence-electron chi connectivity index (χ1n) is 6.95. The molecule has 0 amide bonds. The summed E-state index contributed by atoms with van der Waals surface area (Å²) in [6.07, 6.45) is 7.31. The van der Waals surface area contributed by atoms with Gasteiger partial charge >= 0.3 is 0 Å². The average molecular weight is 264 g/mol. The summed E-state index contributed by atoms with van der Waals surface area (Å²) < 4.78 is 2.00. The Kier molecular flexibility index (Phi) is 2.49. The SMILES string of the molecule is Cn1cnc2cnc(Nc3ccc4c(c3)CCC4)cc21. The van der Waals surface area contributed by atoms with Gasteiger partial charge in [0.15, 0.2) is 0 Å². The van der Waals surface area contributed by atoms with E-state index in [2.05, 4.69) is 33.5 Å². The topological polar surface area (TPSA) is 42.7 Å². The van der Waals surface area contributed by atoms with Gasteiger partial charge in [-0.05, 0) is 42.5 Å². The highest BCUT2D eigenvalue weighted by Crippen LogP contribution is 2.26. The molecule has 0 bridgehead atoms. The number of fused-ring (bicyclic) bond motifs is 2. The molecule has 0 fully saturated rings. The first-order valence-corrected chi connectivity index (χ1v) is 6.95. The third kappa shape index (κ3) is 1.84. The molecular formula is C16H16N4. The van der Waals surface area contributed by atoms with Crippen LogP contribution in [0.1, 0.15) is 17.5 Å². The zero-order valence-electron chi connectivity index (χ0n) is 11.4. The van der Waals surface area contributed by atoms with Gasteiger partial charge in [0.2, 0.25) is 0 Å². The van der Waals surface area contributed by atoms with Crippen LogP contribution < -0.4 is 5.32 Å². The normalized spacial score (nSPS) is 13.7. The van der Waals surface area contributed by atoms with Crippen molar-refractivity contribution in [2.75, 3.05) is 5.32 Å². The lowest BCUT2D eigenvalue weighted by Gasteiger charge is -2.08. The highest BCUT2D eigenvalue weighted by Gasteiger charge is 2.11. The third-order valence-electron chi connectivity index (χ3n) is 3.98. The van der Waals surface area contributed by atoms with Gasteiger partial charge in [0.1, 0.15) is 11.3 Å². The molecule has 0 spiro atoms. The highest BCUT2D eigenvalue weighted by atomic mass is 15.0. The van der Waals surface area contributed by atoms with Crippen molar-refractivity contribution >= 4 is 22.5 Å². The van der Waals surface area contributed by atoms with E-state index in [4.69, 9.17) is 0 Å². The van der Waals surface area contributed by atoms with Crippen LogP contribution in [0.15, 0.2) is 36.8 Å². The van der Waals surface area contributed by atoms with Gasteiger partial charge in [-0.15, -0.1) is 0 Å². The number of pyridine rings is 1. The molecule has 1 N–H and O–H groups in total. The molecule has 2 aromatic heterocycles. The molecule has 4 rings (SSSR count). The van der Waals surface area contributed by atoms with E-state index in [1.807, 2.05) is 30.2 Å². The van der Waals surface area contributed by atoms with E-state index in [9.17, 15) is 0 Å². The van der Waals surface area contributed by atoms with Crippen molar-refractivity contribution < 1.29 is 0 Å². The second-order valence-electron chi connectivity index (χ2n) is 5.38. The summed E-state index contributed by atoms with van der Waals surface area (Å²) >= 11 is 0. The fourth-order valence-electron chi connectivity index (χ4n) is 2.90.